The van der Waals surface area contributed by atoms with Gasteiger partial charge in [-0.15, -0.1) is 24.0 Å². The number of aliphatic imine (C=N–C) groups is 1. The molecule has 2 rings (SSSR count). The largest absolute Gasteiger partial charge is 0.496 e. The number of hydrogen-bond acceptors (Lipinski definition) is 3. The van der Waals surface area contributed by atoms with E-state index in [4.69, 9.17) is 4.74 Å². The van der Waals surface area contributed by atoms with Crippen LogP contribution in [0.2, 0.25) is 0 Å². The molecule has 1 aliphatic rings. The highest BCUT2D eigenvalue weighted by Gasteiger charge is 2.18. The average Bonchev–Trinajstić information content (AvgIpc) is 2.53. The minimum atomic E-state index is 0. The first-order valence-corrected chi connectivity index (χ1v) is 7.98. The van der Waals surface area contributed by atoms with Crippen LogP contribution in [-0.4, -0.2) is 38.6 Å². The molecule has 1 unspecified atom stereocenters. The van der Waals surface area contributed by atoms with E-state index in [-0.39, 0.29) is 35.9 Å². The van der Waals surface area contributed by atoms with Crippen molar-refractivity contribution >= 4 is 51.8 Å². The van der Waals surface area contributed by atoms with Gasteiger partial charge in [0.05, 0.1) is 7.11 Å². The van der Waals surface area contributed by atoms with Crippen molar-refractivity contribution < 1.29 is 9.53 Å². The minimum absolute atomic E-state index is 0. The Morgan fingerprint density at radius 3 is 2.91 bits per heavy atom. The minimum Gasteiger partial charge on any atom is -0.496 e. The number of amides is 1. The predicted molar refractivity (Wildman–Crippen MR) is 105 cm³/mol. The van der Waals surface area contributed by atoms with Crippen LogP contribution in [0.25, 0.3) is 0 Å². The van der Waals surface area contributed by atoms with Gasteiger partial charge in [-0.05, 0) is 24.6 Å². The van der Waals surface area contributed by atoms with Gasteiger partial charge in [0.15, 0.2) is 5.96 Å². The van der Waals surface area contributed by atoms with Crippen molar-refractivity contribution in [2.45, 2.75) is 25.4 Å². The number of piperidine rings is 1. The lowest BCUT2D eigenvalue weighted by atomic mass is 10.1. The molecule has 1 aromatic rings. The summed E-state index contributed by atoms with van der Waals surface area (Å²) >= 11 is 3.47. The highest BCUT2D eigenvalue weighted by molar-refractivity contribution is 14.0. The number of nitrogens with one attached hydrogen (secondary N) is 3. The van der Waals surface area contributed by atoms with Gasteiger partial charge >= 0.3 is 0 Å². The maximum atomic E-state index is 11.2. The molecule has 8 heteroatoms. The lowest BCUT2D eigenvalue weighted by Gasteiger charge is -2.25. The fraction of sp³-hybridized carbons (Fsp3) is 0.467. The summed E-state index contributed by atoms with van der Waals surface area (Å²) in [6.07, 6.45) is 1.36. The van der Waals surface area contributed by atoms with Crippen LogP contribution in [0, 0.1) is 0 Å². The van der Waals surface area contributed by atoms with Crippen LogP contribution in [0.1, 0.15) is 18.4 Å². The van der Waals surface area contributed by atoms with E-state index in [1.807, 2.05) is 18.2 Å². The number of methoxy groups -OCH3 is 1. The number of guanidine groups is 1. The first kappa shape index (κ1) is 20.0. The summed E-state index contributed by atoms with van der Waals surface area (Å²) in [5.74, 6) is 1.65. The van der Waals surface area contributed by atoms with Gasteiger partial charge in [0.25, 0.3) is 0 Å². The number of nitrogens with zero attached hydrogens (tertiary/aromatic N) is 1. The Kier molecular flexibility index (Phi) is 8.67. The third-order valence-electron chi connectivity index (χ3n) is 3.52. The Morgan fingerprint density at radius 2 is 2.30 bits per heavy atom. The first-order valence-electron chi connectivity index (χ1n) is 7.18. The quantitative estimate of drug-likeness (QED) is 0.338. The molecule has 1 saturated heterocycles. The number of halogens is 2. The molecule has 23 heavy (non-hydrogen) atoms. The van der Waals surface area contributed by atoms with E-state index in [2.05, 4.69) is 36.9 Å². The van der Waals surface area contributed by atoms with Crippen molar-refractivity contribution in [2.24, 2.45) is 4.99 Å². The third kappa shape index (κ3) is 6.17. The van der Waals surface area contributed by atoms with Crippen molar-refractivity contribution in [3.8, 4) is 5.75 Å². The molecule has 0 saturated carbocycles. The topological polar surface area (TPSA) is 74.8 Å². The van der Waals surface area contributed by atoms with Gasteiger partial charge in [0.1, 0.15) is 5.75 Å². The molecule has 1 amide bonds. The summed E-state index contributed by atoms with van der Waals surface area (Å²) in [7, 11) is 3.39. The van der Waals surface area contributed by atoms with Crippen LogP contribution < -0.4 is 20.7 Å². The fourth-order valence-electron chi connectivity index (χ4n) is 2.31. The van der Waals surface area contributed by atoms with Crippen LogP contribution in [0.15, 0.2) is 27.7 Å². The Bertz CT molecular complexity index is 558. The second-order valence-corrected chi connectivity index (χ2v) is 5.98. The number of carbonyl (C=O) groups excluding carboxylic acids is 1. The van der Waals surface area contributed by atoms with Crippen LogP contribution in [0.5, 0.6) is 5.75 Å². The molecule has 0 radical (unpaired) electrons. The number of hydrogen-bond donors (Lipinski definition) is 3. The first-order chi connectivity index (χ1) is 10.6. The normalized spacial score (nSPS) is 17.8. The van der Waals surface area contributed by atoms with Crippen LogP contribution in [-0.2, 0) is 11.3 Å². The van der Waals surface area contributed by atoms with Crippen LogP contribution >= 0.6 is 39.9 Å². The van der Waals surface area contributed by atoms with E-state index in [1.54, 1.807) is 14.2 Å². The molecule has 128 valence electrons. The van der Waals surface area contributed by atoms with E-state index < -0.39 is 0 Å². The lowest BCUT2D eigenvalue weighted by Crippen LogP contribution is -2.51. The average molecular weight is 497 g/mol. The Morgan fingerprint density at radius 1 is 1.52 bits per heavy atom. The molecule has 1 heterocycles. The zero-order valence-corrected chi connectivity index (χ0v) is 17.1. The molecule has 6 nitrogen and oxygen atoms in total. The van der Waals surface area contributed by atoms with Crippen molar-refractivity contribution in [3.05, 3.63) is 28.2 Å². The standard InChI is InChI=1S/C15H21BrN4O2.HI/c1-17-15(20-12-4-6-14(21)18-9-12)19-8-10-7-11(16)3-5-13(10)22-2;/h3,5,7,12H,4,6,8-9H2,1-2H3,(H,18,21)(H2,17,19,20);1H. The number of carbonyl (C=O) groups is 1. The number of ether oxygens (including phenoxy) is 1. The number of benzene rings is 1. The zero-order valence-electron chi connectivity index (χ0n) is 13.2. The molecule has 0 aromatic heterocycles. The Labute approximate surface area is 162 Å². The molecular weight excluding hydrogens is 475 g/mol. The van der Waals surface area contributed by atoms with Gasteiger partial charge in [-0.3, -0.25) is 9.79 Å². The zero-order chi connectivity index (χ0) is 15.9. The van der Waals surface area contributed by atoms with E-state index in [9.17, 15) is 4.79 Å². The molecule has 0 spiro atoms. The second-order valence-electron chi connectivity index (χ2n) is 5.07. The van der Waals surface area contributed by atoms with Gasteiger partial charge in [0.2, 0.25) is 5.91 Å². The lowest BCUT2D eigenvalue weighted by molar-refractivity contribution is -0.122. The fourth-order valence-corrected chi connectivity index (χ4v) is 2.72. The molecule has 1 fully saturated rings. The van der Waals surface area contributed by atoms with Crippen LogP contribution in [0.4, 0.5) is 0 Å². The van der Waals surface area contributed by atoms with E-state index in [0.29, 0.717) is 25.5 Å². The molecule has 0 aliphatic carbocycles. The molecule has 0 bridgehead atoms. The van der Waals surface area contributed by atoms with Crippen LogP contribution in [0.3, 0.4) is 0 Å². The van der Waals surface area contributed by atoms with Gasteiger partial charge < -0.3 is 20.7 Å². The highest BCUT2D eigenvalue weighted by Crippen LogP contribution is 2.22. The van der Waals surface area contributed by atoms with Crippen molar-refractivity contribution in [3.63, 3.8) is 0 Å². The van der Waals surface area contributed by atoms with Gasteiger partial charge in [0, 0.05) is 42.6 Å². The summed E-state index contributed by atoms with van der Waals surface area (Å²) in [6.45, 7) is 1.22. The van der Waals surface area contributed by atoms with E-state index >= 15 is 0 Å². The molecule has 1 atom stereocenters. The molecule has 1 aromatic carbocycles. The molecule has 1 aliphatic heterocycles. The summed E-state index contributed by atoms with van der Waals surface area (Å²) < 4.78 is 6.36. The smallest absolute Gasteiger partial charge is 0.220 e. The summed E-state index contributed by atoms with van der Waals surface area (Å²) in [5, 5.41) is 9.44. The van der Waals surface area contributed by atoms with E-state index in [1.165, 1.54) is 0 Å². The molecular formula is C15H22BrIN4O2. The summed E-state index contributed by atoms with van der Waals surface area (Å²) in [6, 6.07) is 6.09. The SMILES string of the molecule is CN=C(NCc1cc(Br)ccc1OC)NC1CCC(=O)NC1.I. The van der Waals surface area contributed by atoms with Gasteiger partial charge in [-0.25, -0.2) is 0 Å². The van der Waals surface area contributed by atoms with Crippen molar-refractivity contribution in [2.75, 3.05) is 20.7 Å². The Balaban J connectivity index is 0.00000264. The summed E-state index contributed by atoms with van der Waals surface area (Å²) in [4.78, 5) is 15.4. The van der Waals surface area contributed by atoms with E-state index in [0.717, 1.165) is 22.2 Å². The predicted octanol–water partition coefficient (Wildman–Crippen LogP) is 2.02. The highest BCUT2D eigenvalue weighted by atomic mass is 127. The maximum Gasteiger partial charge on any atom is 0.220 e. The third-order valence-corrected chi connectivity index (χ3v) is 4.01. The number of rotatable bonds is 4. The monoisotopic (exact) mass is 496 g/mol. The van der Waals surface area contributed by atoms with Crippen molar-refractivity contribution in [1.82, 2.24) is 16.0 Å². The van der Waals surface area contributed by atoms with Gasteiger partial charge in [-0.1, -0.05) is 15.9 Å². The molecule has 3 N–H and O–H groups in total. The van der Waals surface area contributed by atoms with Gasteiger partial charge in [-0.2, -0.15) is 0 Å². The summed E-state index contributed by atoms with van der Waals surface area (Å²) in [5.41, 5.74) is 1.04. The second kappa shape index (κ2) is 9.96. The Hall–Kier alpha value is -1.03. The maximum absolute atomic E-state index is 11.2. The van der Waals surface area contributed by atoms with Crippen molar-refractivity contribution in [1.29, 1.82) is 0 Å².